The van der Waals surface area contributed by atoms with Crippen LogP contribution in [0, 0.1) is 0 Å². The molecule has 3 atom stereocenters. The SMILES string of the molecule is CCC(CO)OC(Oc1ccc(CN2NC(c3ccccc3)=NN=C2CC/C(N)=C/N(N)CCCCN=C2/C(=N\N)c3ccccc3N(C(=O)CCC(=O)NC(C)(C)COC(C)(C)COC)Cc3ccccc32)cc1)C(O)NC. The Bertz CT molecular complexity index is 2760. The van der Waals surface area contributed by atoms with Crippen molar-refractivity contribution in [2.24, 2.45) is 37.7 Å². The fourth-order valence-corrected chi connectivity index (χ4v) is 8.78. The van der Waals surface area contributed by atoms with Crippen LogP contribution in [-0.2, 0) is 36.9 Å². The molecule has 0 bridgehead atoms. The summed E-state index contributed by atoms with van der Waals surface area (Å²) in [4.78, 5) is 34.2. The lowest BCUT2D eigenvalue weighted by Gasteiger charge is -2.32. The second kappa shape index (κ2) is 29.7. The van der Waals surface area contributed by atoms with E-state index in [2.05, 4.69) is 31.4 Å². The van der Waals surface area contributed by atoms with Crippen LogP contribution in [0.25, 0.3) is 0 Å². The number of aliphatic hydroxyl groups excluding tert-OH is 2. The van der Waals surface area contributed by atoms with Crippen molar-refractivity contribution >= 4 is 40.6 Å². The highest BCUT2D eigenvalue weighted by Gasteiger charge is 2.31. The van der Waals surface area contributed by atoms with Crippen LogP contribution < -0.4 is 43.1 Å². The molecule has 2 aliphatic heterocycles. The molecule has 79 heavy (non-hydrogen) atoms. The average Bonchev–Trinajstić information content (AvgIpc) is 3.44. The van der Waals surface area contributed by atoms with Gasteiger partial charge < -0.3 is 56.0 Å². The van der Waals surface area contributed by atoms with Crippen molar-refractivity contribution < 1.29 is 38.7 Å². The zero-order chi connectivity index (χ0) is 57.0. The van der Waals surface area contributed by atoms with Crippen molar-refractivity contribution in [2.75, 3.05) is 52.0 Å². The Morgan fingerprint density at radius 2 is 1.62 bits per heavy atom. The minimum atomic E-state index is -1.12. The number of ether oxygens (including phenoxy) is 4. The molecule has 0 fully saturated rings. The first-order valence-corrected chi connectivity index (χ1v) is 26.8. The Morgan fingerprint density at radius 1 is 0.911 bits per heavy atom. The van der Waals surface area contributed by atoms with Crippen LogP contribution in [0.15, 0.2) is 135 Å². The maximum atomic E-state index is 14.1. The molecule has 0 spiro atoms. The smallest absolute Gasteiger partial charge is 0.240 e. The highest BCUT2D eigenvalue weighted by atomic mass is 16.7. The molecule has 3 unspecified atom stereocenters. The number of aliphatic hydroxyl groups is 2. The third kappa shape index (κ3) is 18.2. The fraction of sp³-hybridized carbons (Fsp3) is 0.448. The van der Waals surface area contributed by atoms with Gasteiger partial charge in [0.05, 0.1) is 61.6 Å². The van der Waals surface area contributed by atoms with Crippen molar-refractivity contribution in [2.45, 2.75) is 122 Å². The number of para-hydroxylation sites is 1. The van der Waals surface area contributed by atoms with Gasteiger partial charge in [0, 0.05) is 68.0 Å². The van der Waals surface area contributed by atoms with E-state index >= 15 is 0 Å². The van der Waals surface area contributed by atoms with Gasteiger partial charge in [-0.3, -0.25) is 30.3 Å². The zero-order valence-corrected chi connectivity index (χ0v) is 46.7. The first-order chi connectivity index (χ1) is 38.0. The van der Waals surface area contributed by atoms with E-state index in [4.69, 9.17) is 41.4 Å². The molecule has 4 aromatic rings. The first-order valence-electron chi connectivity index (χ1n) is 26.8. The van der Waals surface area contributed by atoms with E-state index < -0.39 is 29.8 Å². The summed E-state index contributed by atoms with van der Waals surface area (Å²) in [6.07, 6.45) is 1.89. The van der Waals surface area contributed by atoms with E-state index in [1.807, 2.05) is 131 Å². The summed E-state index contributed by atoms with van der Waals surface area (Å²) < 4.78 is 23.1. The molecule has 21 nitrogen and oxygen atoms in total. The molecule has 426 valence electrons. The van der Waals surface area contributed by atoms with Gasteiger partial charge >= 0.3 is 0 Å². The lowest BCUT2D eigenvalue weighted by atomic mass is 9.91. The molecular formula is C58H81N13O8. The van der Waals surface area contributed by atoms with Gasteiger partial charge in [-0.2, -0.15) is 5.10 Å². The molecule has 0 saturated carbocycles. The molecular weight excluding hydrogens is 1010 g/mol. The van der Waals surface area contributed by atoms with Crippen molar-refractivity contribution in [3.63, 3.8) is 0 Å². The van der Waals surface area contributed by atoms with Crippen molar-refractivity contribution in [1.29, 1.82) is 0 Å². The second-order valence-electron chi connectivity index (χ2n) is 20.7. The van der Waals surface area contributed by atoms with Crippen LogP contribution in [0.5, 0.6) is 5.75 Å². The molecule has 0 aromatic heterocycles. The monoisotopic (exact) mass is 1090 g/mol. The van der Waals surface area contributed by atoms with Crippen molar-refractivity contribution in [3.8, 4) is 5.75 Å². The van der Waals surface area contributed by atoms with E-state index in [0.717, 1.165) is 22.3 Å². The zero-order valence-electron chi connectivity index (χ0n) is 46.7. The minimum absolute atomic E-state index is 0.0123. The molecule has 0 aliphatic carbocycles. The predicted molar refractivity (Wildman–Crippen MR) is 308 cm³/mol. The highest BCUT2D eigenvalue weighted by molar-refractivity contribution is 6.55. The van der Waals surface area contributed by atoms with Crippen LogP contribution in [0.4, 0.5) is 5.69 Å². The summed E-state index contributed by atoms with van der Waals surface area (Å²) in [5.41, 5.74) is 15.2. The number of nitrogens with one attached hydrogen (secondary N) is 3. The van der Waals surface area contributed by atoms with Crippen LogP contribution in [0.3, 0.4) is 0 Å². The van der Waals surface area contributed by atoms with E-state index in [1.54, 1.807) is 42.4 Å². The predicted octanol–water partition coefficient (Wildman–Crippen LogP) is 5.15. The maximum absolute atomic E-state index is 14.1. The number of unbranched alkanes of at least 4 members (excludes halogenated alkanes) is 1. The number of likely N-dealkylation sites (N-methyl/N-ethyl adjacent to an activating group) is 1. The normalized spacial score (nSPS) is 16.2. The third-order valence-electron chi connectivity index (χ3n) is 13.0. The van der Waals surface area contributed by atoms with Crippen LogP contribution in [0.2, 0.25) is 0 Å². The number of hydrogen-bond acceptors (Lipinski definition) is 19. The largest absolute Gasteiger partial charge is 0.461 e. The molecule has 2 aliphatic rings. The molecule has 0 radical (unpaired) electrons. The van der Waals surface area contributed by atoms with E-state index in [0.29, 0.717) is 104 Å². The average molecular weight is 1090 g/mol. The van der Waals surface area contributed by atoms with Crippen LogP contribution in [-0.4, -0.2) is 132 Å². The molecule has 4 aromatic carbocycles. The summed E-state index contributed by atoms with van der Waals surface area (Å²) >= 11 is 0. The molecule has 2 amide bonds. The minimum Gasteiger partial charge on any atom is -0.461 e. The summed E-state index contributed by atoms with van der Waals surface area (Å²) in [5.74, 6) is 13.9. The molecule has 11 N–H and O–H groups in total. The summed E-state index contributed by atoms with van der Waals surface area (Å²) in [5, 5.41) is 42.9. The Kier molecular flexibility index (Phi) is 22.9. The summed E-state index contributed by atoms with van der Waals surface area (Å²) in [6, 6.07) is 32.4. The number of nitrogens with zero attached hydrogens (tertiary/aromatic N) is 7. The molecule has 21 heteroatoms. The topological polar surface area (TPSA) is 285 Å². The van der Waals surface area contributed by atoms with Gasteiger partial charge in [0.1, 0.15) is 17.3 Å². The lowest BCUT2D eigenvalue weighted by Crippen LogP contribution is -2.49. The number of aliphatic imine (C=N–C) groups is 1. The van der Waals surface area contributed by atoms with Crippen molar-refractivity contribution in [3.05, 3.63) is 143 Å². The Labute approximate surface area is 464 Å². The maximum Gasteiger partial charge on any atom is 0.240 e. The Balaban J connectivity index is 1.06. The van der Waals surface area contributed by atoms with Gasteiger partial charge in [0.15, 0.2) is 12.1 Å². The number of fused-ring (bicyclic) bond motifs is 2. The number of hydrogen-bond donors (Lipinski definition) is 8. The van der Waals surface area contributed by atoms with Gasteiger partial charge in [-0.1, -0.05) is 91.9 Å². The quantitative estimate of drug-likeness (QED) is 0.0151. The number of allylic oxidation sites excluding steroid dienone is 1. The van der Waals surface area contributed by atoms with E-state index in [-0.39, 0.29) is 44.4 Å². The van der Waals surface area contributed by atoms with E-state index in [9.17, 15) is 19.8 Å². The number of carbonyl (C=O) groups is 2. The standard InChI is InChI=1S/C58H81N13O8/c1-8-44(37-72)78-56(55(75)62-6)79-45-27-24-40(25-28-45)34-71-49(66-67-54(68-71)41-18-10-9-11-19-41)29-26-43(59)36-69(61)33-17-16-32-63-52-46-21-13-12-20-42(46)35-70(48-23-15-14-22-47(48)53(52)65-60)51(74)31-30-50(73)64-57(2,3)38-77-58(4,5)39-76-7/h9-15,18-25,27-28,36,44,55-56,62,72,75H,8,16-17,26,29-35,37-39,59-61H2,1-7H3,(H,64,73)(H,67,68)/b43-36-,63-52?,65-53-. The van der Waals surface area contributed by atoms with Crippen LogP contribution >= 0.6 is 0 Å². The molecule has 6 rings (SSSR count). The third-order valence-corrected chi connectivity index (χ3v) is 13.0. The van der Waals surface area contributed by atoms with E-state index in [1.165, 1.54) is 0 Å². The highest BCUT2D eigenvalue weighted by Crippen LogP contribution is 2.30. The number of hydrazine groups is 2. The Morgan fingerprint density at radius 3 is 2.32 bits per heavy atom. The number of anilines is 1. The number of amides is 2. The first kappa shape index (κ1) is 61.0. The van der Waals surface area contributed by atoms with Gasteiger partial charge in [0.2, 0.25) is 18.1 Å². The summed E-state index contributed by atoms with van der Waals surface area (Å²) in [6.45, 7) is 11.6. The van der Waals surface area contributed by atoms with Gasteiger partial charge in [-0.05, 0) is 89.8 Å². The number of benzene rings is 4. The van der Waals surface area contributed by atoms with Crippen molar-refractivity contribution in [1.82, 2.24) is 26.1 Å². The van der Waals surface area contributed by atoms with Gasteiger partial charge in [-0.15, -0.1) is 10.2 Å². The molecule has 0 saturated heterocycles. The number of methoxy groups -OCH3 is 1. The molecule has 2 heterocycles. The van der Waals surface area contributed by atoms with Gasteiger partial charge in [0.25, 0.3) is 0 Å². The number of nitrogens with two attached hydrogens (primary N) is 3. The number of amidine groups is 2. The van der Waals surface area contributed by atoms with Crippen LogP contribution in [0.1, 0.15) is 107 Å². The van der Waals surface area contributed by atoms with Gasteiger partial charge in [-0.25, -0.2) is 5.84 Å². The second-order valence-corrected chi connectivity index (χ2v) is 20.7. The lowest BCUT2D eigenvalue weighted by molar-refractivity contribution is -0.186. The summed E-state index contributed by atoms with van der Waals surface area (Å²) in [7, 11) is 3.21. The Hall–Kier alpha value is -7.24. The number of hydrazone groups is 1. The number of rotatable bonds is 29. The fourth-order valence-electron chi connectivity index (χ4n) is 8.78. The number of carbonyl (C=O) groups excluding carboxylic acids is 2.